The van der Waals surface area contributed by atoms with E-state index in [1.54, 1.807) is 0 Å². The number of aryl methyl sites for hydroxylation is 1. The predicted molar refractivity (Wildman–Crippen MR) is 79.7 cm³/mol. The van der Waals surface area contributed by atoms with E-state index in [2.05, 4.69) is 71.4 Å². The highest BCUT2D eigenvalue weighted by Crippen LogP contribution is 2.37. The van der Waals surface area contributed by atoms with Crippen LogP contribution < -0.4 is 0 Å². The highest BCUT2D eigenvalue weighted by atomic mass is 79.9. The molecule has 0 fully saturated rings. The molecule has 0 radical (unpaired) electrons. The molecule has 0 spiro atoms. The molecule has 2 aromatic carbocycles. The van der Waals surface area contributed by atoms with Gasteiger partial charge in [0, 0.05) is 14.2 Å². The molecule has 84 valence electrons. The van der Waals surface area contributed by atoms with Gasteiger partial charge in [0.05, 0.1) is 0 Å². The van der Waals surface area contributed by atoms with E-state index in [1.165, 1.54) is 30.6 Å². The van der Waals surface area contributed by atoms with Crippen LogP contribution in [0.3, 0.4) is 0 Å². The zero-order chi connectivity index (χ0) is 11.8. The quantitative estimate of drug-likeness (QED) is 0.546. The van der Waals surface area contributed by atoms with Gasteiger partial charge in [-0.15, -0.1) is 11.3 Å². The molecule has 0 amide bonds. The molecule has 17 heavy (non-hydrogen) atoms. The van der Waals surface area contributed by atoms with Gasteiger partial charge in [0.15, 0.2) is 0 Å². The summed E-state index contributed by atoms with van der Waals surface area (Å²) in [7, 11) is 0. The summed E-state index contributed by atoms with van der Waals surface area (Å²) < 4.78 is 1.20. The standard InChI is InChI=1S/C15H11BrS/c1-10-14(16)9-15(17-10)13-8-4-6-11-5-2-3-7-12(11)13/h2-9H,1H3. The van der Waals surface area contributed by atoms with Gasteiger partial charge in [0.2, 0.25) is 0 Å². The maximum Gasteiger partial charge on any atom is 0.0363 e. The zero-order valence-electron chi connectivity index (χ0n) is 9.41. The van der Waals surface area contributed by atoms with E-state index in [0.717, 1.165) is 0 Å². The Hall–Kier alpha value is -1.12. The first-order chi connectivity index (χ1) is 8.25. The maximum atomic E-state index is 3.59. The van der Waals surface area contributed by atoms with Crippen LogP contribution in [0.4, 0.5) is 0 Å². The summed E-state index contributed by atoms with van der Waals surface area (Å²) in [6.07, 6.45) is 0. The number of halogens is 1. The molecule has 0 aliphatic carbocycles. The van der Waals surface area contributed by atoms with Gasteiger partial charge >= 0.3 is 0 Å². The van der Waals surface area contributed by atoms with Crippen LogP contribution >= 0.6 is 27.3 Å². The summed E-state index contributed by atoms with van der Waals surface area (Å²) in [5, 5.41) is 2.62. The highest BCUT2D eigenvalue weighted by Gasteiger charge is 2.07. The molecule has 0 atom stereocenters. The van der Waals surface area contributed by atoms with E-state index in [9.17, 15) is 0 Å². The number of fused-ring (bicyclic) bond motifs is 1. The fraction of sp³-hybridized carbons (Fsp3) is 0.0667. The topological polar surface area (TPSA) is 0 Å². The van der Waals surface area contributed by atoms with E-state index >= 15 is 0 Å². The molecule has 0 bridgehead atoms. The van der Waals surface area contributed by atoms with Crippen LogP contribution in [0.5, 0.6) is 0 Å². The fourth-order valence-electron chi connectivity index (χ4n) is 2.03. The highest BCUT2D eigenvalue weighted by molar-refractivity contribution is 9.10. The summed E-state index contributed by atoms with van der Waals surface area (Å²) in [6.45, 7) is 2.14. The van der Waals surface area contributed by atoms with E-state index in [4.69, 9.17) is 0 Å². The molecule has 3 rings (SSSR count). The van der Waals surface area contributed by atoms with Gasteiger partial charge in [-0.3, -0.25) is 0 Å². The van der Waals surface area contributed by atoms with Crippen molar-refractivity contribution >= 4 is 38.0 Å². The number of thiophene rings is 1. The van der Waals surface area contributed by atoms with Crippen molar-refractivity contribution in [2.45, 2.75) is 6.92 Å². The number of rotatable bonds is 1. The third-order valence-corrected chi connectivity index (χ3v) is 5.08. The molecule has 1 aromatic heterocycles. The summed E-state index contributed by atoms with van der Waals surface area (Å²) in [5.41, 5.74) is 1.32. The van der Waals surface area contributed by atoms with Gasteiger partial charge in [-0.1, -0.05) is 42.5 Å². The monoisotopic (exact) mass is 302 g/mol. The lowest BCUT2D eigenvalue weighted by Crippen LogP contribution is -1.76. The molecule has 3 aromatic rings. The van der Waals surface area contributed by atoms with Gasteiger partial charge in [-0.05, 0) is 45.3 Å². The predicted octanol–water partition coefficient (Wildman–Crippen LogP) is 5.64. The van der Waals surface area contributed by atoms with Crippen molar-refractivity contribution < 1.29 is 0 Å². The first kappa shape index (κ1) is 11.0. The Balaban J connectivity index is 2.30. The summed E-state index contributed by atoms with van der Waals surface area (Å²) in [4.78, 5) is 2.65. The minimum atomic E-state index is 1.20. The summed E-state index contributed by atoms with van der Waals surface area (Å²) in [6, 6.07) is 17.2. The third-order valence-electron chi connectivity index (χ3n) is 2.91. The maximum absolute atomic E-state index is 3.59. The summed E-state index contributed by atoms with van der Waals surface area (Å²) in [5.74, 6) is 0. The van der Waals surface area contributed by atoms with Crippen molar-refractivity contribution in [3.63, 3.8) is 0 Å². The summed E-state index contributed by atoms with van der Waals surface area (Å²) >= 11 is 5.42. The second-order valence-electron chi connectivity index (χ2n) is 4.04. The van der Waals surface area contributed by atoms with Gasteiger partial charge < -0.3 is 0 Å². The van der Waals surface area contributed by atoms with Gasteiger partial charge in [0.25, 0.3) is 0 Å². The van der Waals surface area contributed by atoms with Crippen molar-refractivity contribution in [3.8, 4) is 10.4 Å². The smallest absolute Gasteiger partial charge is 0.0363 e. The van der Waals surface area contributed by atoms with Crippen LogP contribution in [0, 0.1) is 6.92 Å². The molecule has 0 nitrogen and oxygen atoms in total. The van der Waals surface area contributed by atoms with Crippen molar-refractivity contribution in [1.82, 2.24) is 0 Å². The zero-order valence-corrected chi connectivity index (χ0v) is 11.8. The van der Waals surface area contributed by atoms with E-state index < -0.39 is 0 Å². The molecule has 0 aliphatic heterocycles. The number of hydrogen-bond donors (Lipinski definition) is 0. The number of hydrogen-bond acceptors (Lipinski definition) is 1. The molecule has 0 aliphatic rings. The lowest BCUT2D eigenvalue weighted by Gasteiger charge is -2.03. The molecular formula is C15H11BrS. The van der Waals surface area contributed by atoms with Crippen LogP contribution in [0.15, 0.2) is 53.0 Å². The Labute approximate surface area is 113 Å². The minimum absolute atomic E-state index is 1.20. The lowest BCUT2D eigenvalue weighted by molar-refractivity contribution is 1.59. The van der Waals surface area contributed by atoms with Gasteiger partial charge in [0.1, 0.15) is 0 Å². The van der Waals surface area contributed by atoms with Crippen LogP contribution in [0.25, 0.3) is 21.2 Å². The molecule has 0 saturated carbocycles. The third kappa shape index (κ3) is 1.92. The van der Waals surface area contributed by atoms with Crippen LogP contribution in [-0.2, 0) is 0 Å². The molecular weight excluding hydrogens is 292 g/mol. The SMILES string of the molecule is Cc1sc(-c2cccc3ccccc23)cc1Br. The van der Waals surface area contributed by atoms with E-state index in [-0.39, 0.29) is 0 Å². The first-order valence-corrected chi connectivity index (χ1v) is 7.11. The second-order valence-corrected chi connectivity index (χ2v) is 6.15. The van der Waals surface area contributed by atoms with Crippen LogP contribution in [0.2, 0.25) is 0 Å². The molecule has 0 N–H and O–H groups in total. The lowest BCUT2D eigenvalue weighted by atomic mass is 10.0. The molecule has 1 heterocycles. The Bertz CT molecular complexity index is 657. The average molecular weight is 303 g/mol. The molecule has 2 heteroatoms. The number of benzene rings is 2. The molecule has 0 unspecified atom stereocenters. The van der Waals surface area contributed by atoms with Gasteiger partial charge in [-0.25, -0.2) is 0 Å². The molecule has 0 saturated heterocycles. The van der Waals surface area contributed by atoms with Gasteiger partial charge in [-0.2, -0.15) is 0 Å². The van der Waals surface area contributed by atoms with Crippen molar-refractivity contribution in [3.05, 3.63) is 57.9 Å². The largest absolute Gasteiger partial charge is 0.139 e. The normalized spacial score (nSPS) is 10.9. The van der Waals surface area contributed by atoms with Crippen molar-refractivity contribution in [1.29, 1.82) is 0 Å². The van der Waals surface area contributed by atoms with E-state index in [0.29, 0.717) is 0 Å². The van der Waals surface area contributed by atoms with Crippen LogP contribution in [0.1, 0.15) is 4.88 Å². The van der Waals surface area contributed by atoms with Crippen molar-refractivity contribution in [2.24, 2.45) is 0 Å². The Kier molecular flexibility index (Phi) is 2.77. The first-order valence-electron chi connectivity index (χ1n) is 5.50. The Morgan fingerprint density at radius 1 is 1.00 bits per heavy atom. The Morgan fingerprint density at radius 2 is 1.76 bits per heavy atom. The minimum Gasteiger partial charge on any atom is -0.139 e. The fourth-order valence-corrected chi connectivity index (χ4v) is 3.61. The second kappa shape index (κ2) is 4.28. The van der Waals surface area contributed by atoms with E-state index in [1.807, 2.05) is 11.3 Å². The van der Waals surface area contributed by atoms with Crippen LogP contribution in [-0.4, -0.2) is 0 Å². The van der Waals surface area contributed by atoms with Crippen molar-refractivity contribution in [2.75, 3.05) is 0 Å². The Morgan fingerprint density at radius 3 is 2.53 bits per heavy atom. The average Bonchev–Trinajstić information content (AvgIpc) is 2.69.